The Morgan fingerprint density at radius 2 is 2.00 bits per heavy atom. The number of rotatable bonds is 4. The zero-order valence-electron chi connectivity index (χ0n) is 11.6. The third-order valence-corrected chi connectivity index (χ3v) is 3.86. The van der Waals surface area contributed by atoms with Crippen molar-refractivity contribution in [2.75, 3.05) is 20.6 Å². The van der Waals surface area contributed by atoms with Gasteiger partial charge in [0.1, 0.15) is 0 Å². The fraction of sp³-hybridized carbons (Fsp3) is 0.286. The van der Waals surface area contributed by atoms with Gasteiger partial charge < -0.3 is 14.6 Å². The molecule has 0 unspecified atom stereocenters. The Balaban J connectivity index is 2.73. The lowest BCUT2D eigenvalue weighted by Gasteiger charge is -2.15. The lowest BCUT2D eigenvalue weighted by molar-refractivity contribution is 0.0697. The second kappa shape index (κ2) is 6.05. The summed E-state index contributed by atoms with van der Waals surface area (Å²) in [7, 11) is 3.80. The van der Waals surface area contributed by atoms with Crippen molar-refractivity contribution in [3.05, 3.63) is 44.2 Å². The number of likely N-dealkylation sites (N-methyl/N-ethyl adjacent to an activating group) is 1. The Bertz CT molecular complexity index is 769. The molecule has 5 nitrogen and oxygen atoms in total. The summed E-state index contributed by atoms with van der Waals surface area (Å²) in [6.07, 6.45) is 0. The molecule has 0 saturated heterocycles. The number of halogens is 2. The van der Waals surface area contributed by atoms with E-state index >= 15 is 0 Å². The molecule has 112 valence electrons. The van der Waals surface area contributed by atoms with Crippen molar-refractivity contribution in [3.63, 3.8) is 0 Å². The molecular formula is C14H14Cl2N2O3. The topological polar surface area (TPSA) is 62.5 Å². The Labute approximate surface area is 131 Å². The van der Waals surface area contributed by atoms with E-state index < -0.39 is 5.97 Å². The van der Waals surface area contributed by atoms with Crippen LogP contribution in [0.15, 0.2) is 23.0 Å². The number of carbonyl (C=O) groups is 1. The predicted molar refractivity (Wildman–Crippen MR) is 83.7 cm³/mol. The number of carboxylic acid groups (broad SMARTS) is 1. The van der Waals surface area contributed by atoms with Crippen molar-refractivity contribution >= 4 is 40.1 Å². The standard InChI is InChI=1S/C14H14Cl2N2O3/c1-17(2)5-6-18-10-7-9(15)12(14(20)21)13(16)8(10)3-4-11(18)19/h3-4,7H,5-6H2,1-2H3,(H,20,21). The van der Waals surface area contributed by atoms with Crippen molar-refractivity contribution in [2.24, 2.45) is 0 Å². The van der Waals surface area contributed by atoms with Crippen LogP contribution in [0.5, 0.6) is 0 Å². The van der Waals surface area contributed by atoms with E-state index in [1.54, 1.807) is 4.57 Å². The largest absolute Gasteiger partial charge is 0.478 e. The Morgan fingerprint density at radius 1 is 1.33 bits per heavy atom. The molecule has 0 aliphatic carbocycles. The first-order chi connectivity index (χ1) is 9.82. The summed E-state index contributed by atoms with van der Waals surface area (Å²) in [4.78, 5) is 25.2. The first-order valence-electron chi connectivity index (χ1n) is 6.22. The van der Waals surface area contributed by atoms with Gasteiger partial charge in [-0.05, 0) is 26.2 Å². The normalized spacial score (nSPS) is 11.3. The molecule has 0 radical (unpaired) electrons. The second-order valence-corrected chi connectivity index (χ2v) is 5.70. The number of fused-ring (bicyclic) bond motifs is 1. The van der Waals surface area contributed by atoms with Gasteiger partial charge in [0.05, 0.1) is 21.1 Å². The summed E-state index contributed by atoms with van der Waals surface area (Å²) in [6, 6.07) is 4.38. The van der Waals surface area contributed by atoms with Crippen molar-refractivity contribution in [3.8, 4) is 0 Å². The molecule has 0 spiro atoms. The first-order valence-corrected chi connectivity index (χ1v) is 6.98. The molecular weight excluding hydrogens is 315 g/mol. The molecule has 0 saturated carbocycles. The van der Waals surface area contributed by atoms with Gasteiger partial charge in [-0.2, -0.15) is 0 Å². The van der Waals surface area contributed by atoms with Crippen LogP contribution in [-0.2, 0) is 6.54 Å². The van der Waals surface area contributed by atoms with Gasteiger partial charge in [0, 0.05) is 24.5 Å². The van der Waals surface area contributed by atoms with Crippen LogP contribution in [0.2, 0.25) is 10.0 Å². The number of carboxylic acids is 1. The van der Waals surface area contributed by atoms with E-state index in [-0.39, 0.29) is 21.2 Å². The van der Waals surface area contributed by atoms with Gasteiger partial charge in [0.15, 0.2) is 0 Å². The molecule has 0 bridgehead atoms. The first kappa shape index (κ1) is 15.8. The Kier molecular flexibility index (Phi) is 4.56. The number of aromatic nitrogens is 1. The Hall–Kier alpha value is -1.56. The maximum atomic E-state index is 12.0. The quantitative estimate of drug-likeness (QED) is 0.936. The molecule has 1 aromatic heterocycles. The van der Waals surface area contributed by atoms with Crippen LogP contribution in [0, 0.1) is 0 Å². The molecule has 0 fully saturated rings. The number of hydrogen-bond acceptors (Lipinski definition) is 3. The van der Waals surface area contributed by atoms with Gasteiger partial charge in [-0.1, -0.05) is 23.2 Å². The van der Waals surface area contributed by atoms with Gasteiger partial charge >= 0.3 is 5.97 Å². The lowest BCUT2D eigenvalue weighted by atomic mass is 10.1. The van der Waals surface area contributed by atoms with Crippen LogP contribution in [0.3, 0.4) is 0 Å². The predicted octanol–water partition coefficient (Wildman–Crippen LogP) is 2.57. The summed E-state index contributed by atoms with van der Waals surface area (Å²) < 4.78 is 1.54. The molecule has 0 atom stereocenters. The van der Waals surface area contributed by atoms with Crippen LogP contribution in [0.25, 0.3) is 10.9 Å². The maximum Gasteiger partial charge on any atom is 0.338 e. The van der Waals surface area contributed by atoms with E-state index in [1.165, 1.54) is 18.2 Å². The van der Waals surface area contributed by atoms with Gasteiger partial charge in [0.25, 0.3) is 5.56 Å². The molecule has 1 N–H and O–H groups in total. The number of hydrogen-bond donors (Lipinski definition) is 1. The van der Waals surface area contributed by atoms with Gasteiger partial charge in [0.2, 0.25) is 0 Å². The minimum Gasteiger partial charge on any atom is -0.478 e. The van der Waals surface area contributed by atoms with Crippen LogP contribution in [0.4, 0.5) is 0 Å². The van der Waals surface area contributed by atoms with Crippen LogP contribution in [-0.4, -0.2) is 41.2 Å². The van der Waals surface area contributed by atoms with Crippen molar-refractivity contribution in [1.29, 1.82) is 0 Å². The third-order valence-electron chi connectivity index (χ3n) is 3.17. The molecule has 2 rings (SSSR count). The highest BCUT2D eigenvalue weighted by Crippen LogP contribution is 2.32. The Morgan fingerprint density at radius 3 is 2.57 bits per heavy atom. The molecule has 21 heavy (non-hydrogen) atoms. The van der Waals surface area contributed by atoms with Crippen LogP contribution >= 0.6 is 23.2 Å². The number of pyridine rings is 1. The summed E-state index contributed by atoms with van der Waals surface area (Å²) in [5.74, 6) is -1.20. The minimum absolute atomic E-state index is 0.0178. The zero-order chi connectivity index (χ0) is 15.7. The van der Waals surface area contributed by atoms with Crippen molar-refractivity contribution < 1.29 is 9.90 Å². The molecule has 1 aromatic carbocycles. The van der Waals surface area contributed by atoms with Crippen molar-refractivity contribution in [2.45, 2.75) is 6.54 Å². The summed E-state index contributed by atoms with van der Waals surface area (Å²) in [5, 5.41) is 9.72. The van der Waals surface area contributed by atoms with E-state index in [2.05, 4.69) is 0 Å². The fourth-order valence-electron chi connectivity index (χ4n) is 2.09. The average molecular weight is 329 g/mol. The monoisotopic (exact) mass is 328 g/mol. The molecule has 1 heterocycles. The smallest absolute Gasteiger partial charge is 0.338 e. The van der Waals surface area contributed by atoms with Gasteiger partial charge in [-0.15, -0.1) is 0 Å². The van der Waals surface area contributed by atoms with E-state index in [0.29, 0.717) is 24.0 Å². The van der Waals surface area contributed by atoms with Crippen molar-refractivity contribution in [1.82, 2.24) is 9.47 Å². The lowest BCUT2D eigenvalue weighted by Crippen LogP contribution is -2.26. The molecule has 2 aromatic rings. The van der Waals surface area contributed by atoms with Gasteiger partial charge in [-0.3, -0.25) is 4.79 Å². The van der Waals surface area contributed by atoms with Crippen LogP contribution < -0.4 is 5.56 Å². The average Bonchev–Trinajstić information content (AvgIpc) is 2.36. The summed E-state index contributed by atoms with van der Waals surface area (Å²) >= 11 is 12.1. The maximum absolute atomic E-state index is 12.0. The van der Waals surface area contributed by atoms with Gasteiger partial charge in [-0.25, -0.2) is 4.79 Å². The van der Waals surface area contributed by atoms with Crippen LogP contribution in [0.1, 0.15) is 10.4 Å². The minimum atomic E-state index is -1.20. The highest BCUT2D eigenvalue weighted by Gasteiger charge is 2.18. The summed E-state index contributed by atoms with van der Waals surface area (Å²) in [6.45, 7) is 1.12. The summed E-state index contributed by atoms with van der Waals surface area (Å²) in [5.41, 5.74) is 0.201. The fourth-order valence-corrected chi connectivity index (χ4v) is 2.76. The highest BCUT2D eigenvalue weighted by molar-refractivity contribution is 6.42. The highest BCUT2D eigenvalue weighted by atomic mass is 35.5. The number of nitrogens with zero attached hydrogens (tertiary/aromatic N) is 2. The number of benzene rings is 1. The molecule has 0 amide bonds. The molecule has 0 aliphatic rings. The SMILES string of the molecule is CN(C)CCn1c(=O)ccc2c(Cl)c(C(=O)O)c(Cl)cc21. The van der Waals surface area contributed by atoms with E-state index in [4.69, 9.17) is 28.3 Å². The van der Waals surface area contributed by atoms with E-state index in [9.17, 15) is 9.59 Å². The zero-order valence-corrected chi connectivity index (χ0v) is 13.1. The van der Waals surface area contributed by atoms with E-state index in [0.717, 1.165) is 0 Å². The number of aromatic carboxylic acids is 1. The van der Waals surface area contributed by atoms with E-state index in [1.807, 2.05) is 19.0 Å². The molecule has 0 aliphatic heterocycles. The third kappa shape index (κ3) is 3.05. The second-order valence-electron chi connectivity index (χ2n) is 4.91. The molecule has 7 heteroatoms.